The first-order chi connectivity index (χ1) is 6.45. The van der Waals surface area contributed by atoms with E-state index in [9.17, 15) is 4.79 Å². The Morgan fingerprint density at radius 3 is 2.64 bits per heavy atom. The van der Waals surface area contributed by atoms with Crippen molar-refractivity contribution in [2.45, 2.75) is 20.3 Å². The van der Waals surface area contributed by atoms with Gasteiger partial charge in [-0.1, -0.05) is 0 Å². The Morgan fingerprint density at radius 1 is 1.57 bits per heavy atom. The molecular weight excluding hydrogens is 264 g/mol. The minimum Gasteiger partial charge on any atom is -0.469 e. The maximum absolute atomic E-state index is 11.4. The molecule has 4 heteroatoms. The number of ether oxygens (including phenoxy) is 1. The lowest BCUT2D eigenvalue weighted by Gasteiger charge is -2.20. The van der Waals surface area contributed by atoms with E-state index in [2.05, 4.69) is 15.9 Å². The molecule has 14 heavy (non-hydrogen) atoms. The molecule has 0 spiro atoms. The Hall–Kier alpha value is -0.350. The fourth-order valence-corrected chi connectivity index (χ4v) is 2.94. The summed E-state index contributed by atoms with van der Waals surface area (Å²) in [5, 5.41) is 0. The first-order valence-corrected chi connectivity index (χ1v) is 5.89. The number of halogens is 1. The van der Waals surface area contributed by atoms with E-state index in [1.807, 2.05) is 26.0 Å². The van der Waals surface area contributed by atoms with Crippen LogP contribution >= 0.6 is 27.3 Å². The van der Waals surface area contributed by atoms with Crippen molar-refractivity contribution in [3.8, 4) is 0 Å². The first kappa shape index (κ1) is 11.7. The zero-order valence-corrected chi connectivity index (χ0v) is 10.9. The number of methoxy groups -OCH3 is 1. The summed E-state index contributed by atoms with van der Waals surface area (Å²) >= 11 is 5.05. The van der Waals surface area contributed by atoms with Crippen LogP contribution in [0.1, 0.15) is 18.7 Å². The van der Waals surface area contributed by atoms with Crippen molar-refractivity contribution in [1.82, 2.24) is 0 Å². The van der Waals surface area contributed by atoms with Crippen LogP contribution in [0.15, 0.2) is 15.9 Å². The van der Waals surface area contributed by atoms with Gasteiger partial charge in [0.05, 0.1) is 16.3 Å². The maximum atomic E-state index is 11.4. The van der Waals surface area contributed by atoms with Crippen LogP contribution in [0.4, 0.5) is 0 Å². The van der Waals surface area contributed by atoms with E-state index in [0.29, 0.717) is 0 Å². The van der Waals surface area contributed by atoms with Gasteiger partial charge in [0.1, 0.15) is 0 Å². The molecule has 1 rings (SSSR count). The molecule has 0 atom stereocenters. The predicted molar refractivity (Wildman–Crippen MR) is 61.5 cm³/mol. The molecule has 0 bridgehead atoms. The standard InChI is InChI=1S/C10H13BrO2S/c1-10(2,9(12)13-3)6-7-4-5-8(11)14-7/h4-5H,6H2,1-3H3. The zero-order chi connectivity index (χ0) is 10.8. The van der Waals surface area contributed by atoms with Crippen LogP contribution in [0, 0.1) is 5.41 Å². The predicted octanol–water partition coefficient (Wildman–Crippen LogP) is 3.25. The average molecular weight is 277 g/mol. The number of carbonyl (C=O) groups excluding carboxylic acids is 1. The average Bonchev–Trinajstić information content (AvgIpc) is 2.48. The molecule has 78 valence electrons. The van der Waals surface area contributed by atoms with Gasteiger partial charge in [-0.25, -0.2) is 0 Å². The summed E-state index contributed by atoms with van der Waals surface area (Å²) < 4.78 is 5.84. The highest BCUT2D eigenvalue weighted by Gasteiger charge is 2.29. The summed E-state index contributed by atoms with van der Waals surface area (Å²) in [6, 6.07) is 4.02. The summed E-state index contributed by atoms with van der Waals surface area (Å²) in [6.07, 6.45) is 0.718. The Bertz CT molecular complexity index is 331. The summed E-state index contributed by atoms with van der Waals surface area (Å²) in [5.41, 5.74) is -0.445. The Kier molecular flexibility index (Phi) is 3.72. The SMILES string of the molecule is COC(=O)C(C)(C)Cc1ccc(Br)s1. The van der Waals surface area contributed by atoms with Gasteiger partial charge in [-0.15, -0.1) is 11.3 Å². The Balaban J connectivity index is 2.72. The molecule has 1 aromatic heterocycles. The van der Waals surface area contributed by atoms with E-state index in [0.717, 1.165) is 10.2 Å². The van der Waals surface area contributed by atoms with Crippen LogP contribution in [0.5, 0.6) is 0 Å². The summed E-state index contributed by atoms with van der Waals surface area (Å²) in [6.45, 7) is 3.79. The third-order valence-electron chi connectivity index (χ3n) is 1.98. The highest BCUT2D eigenvalue weighted by atomic mass is 79.9. The Labute approximate surface area is 96.4 Å². The summed E-state index contributed by atoms with van der Waals surface area (Å²) in [4.78, 5) is 12.6. The van der Waals surface area contributed by atoms with Crippen LogP contribution in [-0.4, -0.2) is 13.1 Å². The number of carbonyl (C=O) groups is 1. The summed E-state index contributed by atoms with van der Waals surface area (Å²) in [5.74, 6) is -0.165. The van der Waals surface area contributed by atoms with Crippen LogP contribution in [0.25, 0.3) is 0 Å². The fourth-order valence-electron chi connectivity index (χ4n) is 1.23. The molecule has 0 unspecified atom stereocenters. The van der Waals surface area contributed by atoms with Crippen molar-refractivity contribution in [2.24, 2.45) is 5.41 Å². The second kappa shape index (κ2) is 4.45. The van der Waals surface area contributed by atoms with E-state index in [4.69, 9.17) is 4.74 Å². The molecule has 0 saturated heterocycles. The second-order valence-electron chi connectivity index (χ2n) is 3.76. The topological polar surface area (TPSA) is 26.3 Å². The number of hydrogen-bond donors (Lipinski definition) is 0. The molecule has 0 aliphatic carbocycles. The van der Waals surface area contributed by atoms with Crippen LogP contribution in [0.3, 0.4) is 0 Å². The number of hydrogen-bond acceptors (Lipinski definition) is 3. The fraction of sp³-hybridized carbons (Fsp3) is 0.500. The molecule has 0 aromatic carbocycles. The van der Waals surface area contributed by atoms with E-state index in [1.54, 1.807) is 11.3 Å². The molecule has 1 aromatic rings. The second-order valence-corrected chi connectivity index (χ2v) is 6.31. The largest absolute Gasteiger partial charge is 0.469 e. The third kappa shape index (κ3) is 2.82. The third-order valence-corrected chi connectivity index (χ3v) is 3.61. The summed E-state index contributed by atoms with van der Waals surface area (Å²) in [7, 11) is 1.43. The van der Waals surface area contributed by atoms with Gasteiger partial charge in [0.2, 0.25) is 0 Å². The van der Waals surface area contributed by atoms with Gasteiger partial charge in [-0.2, -0.15) is 0 Å². The maximum Gasteiger partial charge on any atom is 0.311 e. The molecule has 2 nitrogen and oxygen atoms in total. The lowest BCUT2D eigenvalue weighted by molar-refractivity contribution is -0.150. The molecule has 0 amide bonds. The van der Waals surface area contributed by atoms with Gasteiger partial charge in [0.15, 0.2) is 0 Å². The molecule has 1 heterocycles. The smallest absolute Gasteiger partial charge is 0.311 e. The van der Waals surface area contributed by atoms with Crippen molar-refractivity contribution in [2.75, 3.05) is 7.11 Å². The van der Waals surface area contributed by atoms with Crippen molar-refractivity contribution in [3.05, 3.63) is 20.8 Å². The van der Waals surface area contributed by atoms with E-state index in [-0.39, 0.29) is 5.97 Å². The van der Waals surface area contributed by atoms with Crippen LogP contribution in [-0.2, 0) is 16.0 Å². The van der Waals surface area contributed by atoms with Crippen molar-refractivity contribution >= 4 is 33.2 Å². The van der Waals surface area contributed by atoms with Gasteiger partial charge in [0.25, 0.3) is 0 Å². The first-order valence-electron chi connectivity index (χ1n) is 4.28. The molecular formula is C10H13BrO2S. The molecule has 0 radical (unpaired) electrons. The Morgan fingerprint density at radius 2 is 2.21 bits per heavy atom. The minimum absolute atomic E-state index is 0.165. The van der Waals surface area contributed by atoms with Crippen molar-refractivity contribution in [3.63, 3.8) is 0 Å². The van der Waals surface area contributed by atoms with Gasteiger partial charge in [0, 0.05) is 4.88 Å². The molecule has 0 aliphatic rings. The quantitative estimate of drug-likeness (QED) is 0.793. The van der Waals surface area contributed by atoms with Crippen molar-refractivity contribution < 1.29 is 9.53 Å². The minimum atomic E-state index is -0.445. The molecule has 0 aliphatic heterocycles. The highest BCUT2D eigenvalue weighted by Crippen LogP contribution is 2.29. The zero-order valence-electron chi connectivity index (χ0n) is 8.46. The number of esters is 1. The number of thiophene rings is 1. The van der Waals surface area contributed by atoms with Crippen LogP contribution < -0.4 is 0 Å². The number of rotatable bonds is 3. The lowest BCUT2D eigenvalue weighted by atomic mass is 9.89. The molecule has 0 fully saturated rings. The van der Waals surface area contributed by atoms with Gasteiger partial charge in [-0.05, 0) is 48.3 Å². The normalized spacial score (nSPS) is 11.4. The highest BCUT2D eigenvalue weighted by molar-refractivity contribution is 9.11. The van der Waals surface area contributed by atoms with Gasteiger partial charge in [-0.3, -0.25) is 4.79 Å². The van der Waals surface area contributed by atoms with E-state index < -0.39 is 5.41 Å². The van der Waals surface area contributed by atoms with Crippen molar-refractivity contribution in [1.29, 1.82) is 0 Å². The van der Waals surface area contributed by atoms with Gasteiger partial charge < -0.3 is 4.74 Å². The molecule has 0 saturated carbocycles. The monoisotopic (exact) mass is 276 g/mol. The van der Waals surface area contributed by atoms with Crippen LogP contribution in [0.2, 0.25) is 0 Å². The van der Waals surface area contributed by atoms with E-state index >= 15 is 0 Å². The van der Waals surface area contributed by atoms with E-state index in [1.165, 1.54) is 12.0 Å². The molecule has 0 N–H and O–H groups in total. The lowest BCUT2D eigenvalue weighted by Crippen LogP contribution is -2.27. The van der Waals surface area contributed by atoms with Gasteiger partial charge >= 0.3 is 5.97 Å².